The Bertz CT molecular complexity index is 668. The number of fused-ring (bicyclic) bond motifs is 1. The molecular weight excluding hydrogens is 348 g/mol. The van der Waals surface area contributed by atoms with Crippen LogP contribution in [-0.2, 0) is 11.3 Å². The molecule has 1 aromatic heterocycles. The van der Waals surface area contributed by atoms with Crippen molar-refractivity contribution >= 4 is 32.8 Å². The minimum atomic E-state index is -2.09. The molecule has 0 N–H and O–H groups in total. The Morgan fingerprint density at radius 2 is 1.96 bits per heavy atom. The van der Waals surface area contributed by atoms with Gasteiger partial charge in [0.05, 0.1) is 24.4 Å². The van der Waals surface area contributed by atoms with Crippen molar-refractivity contribution in [1.82, 2.24) is 9.29 Å². The van der Waals surface area contributed by atoms with Crippen molar-refractivity contribution in [3.05, 3.63) is 17.6 Å². The number of benzene rings is 1. The van der Waals surface area contributed by atoms with Gasteiger partial charge >= 0.3 is 0 Å². The zero-order valence-electron chi connectivity index (χ0n) is 15.0. The molecule has 0 saturated carbocycles. The average molecular weight is 374 g/mol. The highest BCUT2D eigenvalue weighted by atomic mass is 32.2. The molecule has 0 amide bonds. The lowest BCUT2D eigenvalue weighted by molar-refractivity contribution is 0.242. The molecule has 0 saturated heterocycles. The van der Waals surface area contributed by atoms with Gasteiger partial charge in [-0.1, -0.05) is 6.92 Å². The molecule has 1 heterocycles. The molecule has 2 aromatic rings. The van der Waals surface area contributed by atoms with Gasteiger partial charge in [-0.2, -0.15) is 0 Å². The molecular formula is C16H25N2O4S2-. The van der Waals surface area contributed by atoms with E-state index in [9.17, 15) is 8.76 Å². The fourth-order valence-corrected chi connectivity index (χ4v) is 3.52. The molecule has 6 nitrogen and oxygen atoms in total. The maximum Gasteiger partial charge on any atom is 0.149 e. The van der Waals surface area contributed by atoms with Crippen LogP contribution in [0.5, 0.6) is 11.5 Å². The van der Waals surface area contributed by atoms with E-state index in [1.54, 1.807) is 31.1 Å². The van der Waals surface area contributed by atoms with Gasteiger partial charge in [0, 0.05) is 29.4 Å². The summed E-state index contributed by atoms with van der Waals surface area (Å²) in [4.78, 5) is 4.20. The van der Waals surface area contributed by atoms with Crippen LogP contribution in [0.1, 0.15) is 34.1 Å². The predicted octanol–water partition coefficient (Wildman–Crippen LogP) is 3.60. The SMILES string of the molecule is CCCN(S(=O)[O-])C(C)(C)C.COc1cc(OC)c2ncsc2c1. The summed E-state index contributed by atoms with van der Waals surface area (Å²) in [5.41, 5.74) is 2.41. The van der Waals surface area contributed by atoms with Crippen molar-refractivity contribution in [3.8, 4) is 11.5 Å². The number of hydrogen-bond donors (Lipinski definition) is 0. The molecule has 1 aromatic carbocycles. The highest BCUT2D eigenvalue weighted by Crippen LogP contribution is 2.32. The van der Waals surface area contributed by atoms with Crippen molar-refractivity contribution in [2.24, 2.45) is 0 Å². The topological polar surface area (TPSA) is 74.7 Å². The minimum Gasteiger partial charge on any atom is -0.760 e. The van der Waals surface area contributed by atoms with Crippen LogP contribution in [0, 0.1) is 0 Å². The molecule has 24 heavy (non-hydrogen) atoms. The molecule has 0 spiro atoms. The van der Waals surface area contributed by atoms with Gasteiger partial charge in [-0.05, 0) is 33.3 Å². The summed E-state index contributed by atoms with van der Waals surface area (Å²) >= 11 is -0.514. The second kappa shape index (κ2) is 9.31. The quantitative estimate of drug-likeness (QED) is 0.749. The van der Waals surface area contributed by atoms with Crippen molar-refractivity contribution in [3.63, 3.8) is 0 Å². The van der Waals surface area contributed by atoms with Crippen LogP contribution >= 0.6 is 11.3 Å². The van der Waals surface area contributed by atoms with E-state index in [1.807, 2.05) is 39.8 Å². The third-order valence-corrected chi connectivity index (χ3v) is 5.05. The first-order chi connectivity index (χ1) is 11.2. The normalized spacial score (nSPS) is 12.7. The fourth-order valence-electron chi connectivity index (χ4n) is 2.02. The lowest BCUT2D eigenvalue weighted by atomic mass is 10.1. The maximum absolute atomic E-state index is 10.7. The third kappa shape index (κ3) is 5.70. The van der Waals surface area contributed by atoms with Gasteiger partial charge in [-0.3, -0.25) is 4.21 Å². The Balaban J connectivity index is 0.000000245. The molecule has 1 atom stereocenters. The molecule has 0 fully saturated rings. The molecule has 0 aliphatic rings. The van der Waals surface area contributed by atoms with E-state index in [1.165, 1.54) is 4.31 Å². The Hall–Kier alpha value is -1.22. The zero-order valence-corrected chi connectivity index (χ0v) is 16.6. The summed E-state index contributed by atoms with van der Waals surface area (Å²) < 4.78 is 34.2. The number of ether oxygens (including phenoxy) is 2. The predicted molar refractivity (Wildman–Crippen MR) is 98.4 cm³/mol. The Kier molecular flexibility index (Phi) is 8.08. The Morgan fingerprint density at radius 1 is 1.29 bits per heavy atom. The summed E-state index contributed by atoms with van der Waals surface area (Å²) in [7, 11) is 3.27. The molecule has 136 valence electrons. The van der Waals surface area contributed by atoms with E-state index in [2.05, 4.69) is 4.98 Å². The molecule has 0 aliphatic heterocycles. The minimum absolute atomic E-state index is 0.289. The first kappa shape index (κ1) is 20.8. The second-order valence-corrected chi connectivity index (χ2v) is 7.78. The molecule has 0 aliphatic carbocycles. The maximum atomic E-state index is 10.7. The highest BCUT2D eigenvalue weighted by Gasteiger charge is 2.20. The lowest BCUT2D eigenvalue weighted by Gasteiger charge is -2.36. The lowest BCUT2D eigenvalue weighted by Crippen LogP contribution is -2.42. The highest BCUT2D eigenvalue weighted by molar-refractivity contribution is 7.76. The van der Waals surface area contributed by atoms with Crippen molar-refractivity contribution in [2.75, 3.05) is 20.8 Å². The molecule has 8 heteroatoms. The van der Waals surface area contributed by atoms with Crippen LogP contribution in [0.25, 0.3) is 10.2 Å². The van der Waals surface area contributed by atoms with E-state index < -0.39 is 11.3 Å². The van der Waals surface area contributed by atoms with Gasteiger partial charge in [0.15, 0.2) is 0 Å². The van der Waals surface area contributed by atoms with E-state index in [4.69, 9.17) is 9.47 Å². The summed E-state index contributed by atoms with van der Waals surface area (Å²) in [6, 6.07) is 3.79. The van der Waals surface area contributed by atoms with Gasteiger partial charge in [0.25, 0.3) is 0 Å². The fraction of sp³-hybridized carbons (Fsp3) is 0.562. The van der Waals surface area contributed by atoms with Gasteiger partial charge in [-0.25, -0.2) is 9.29 Å². The number of aromatic nitrogens is 1. The van der Waals surface area contributed by atoms with Gasteiger partial charge < -0.3 is 14.0 Å². The van der Waals surface area contributed by atoms with Gasteiger partial charge in [-0.15, -0.1) is 11.3 Å². The van der Waals surface area contributed by atoms with Crippen molar-refractivity contribution in [2.45, 2.75) is 39.7 Å². The van der Waals surface area contributed by atoms with E-state index in [0.29, 0.717) is 6.54 Å². The number of rotatable bonds is 5. The standard InChI is InChI=1S/C9H9NO2S.C7H17NO2S/c1-11-6-3-7(12-2)9-8(4-6)13-5-10-9;1-5-6-8(11(9)10)7(2,3)4/h3-5H,1-2H3;5-6H2,1-4H3,(H,9,10)/p-1. The first-order valence-corrected chi connectivity index (χ1v) is 9.48. The summed E-state index contributed by atoms with van der Waals surface area (Å²) in [5.74, 6) is 1.56. The number of nitrogens with zero attached hydrogens (tertiary/aromatic N) is 2. The van der Waals surface area contributed by atoms with Crippen molar-refractivity contribution in [1.29, 1.82) is 0 Å². The number of methoxy groups -OCH3 is 2. The monoisotopic (exact) mass is 373 g/mol. The molecule has 0 bridgehead atoms. The Morgan fingerprint density at radius 3 is 2.38 bits per heavy atom. The zero-order chi connectivity index (χ0) is 18.3. The summed E-state index contributed by atoms with van der Waals surface area (Å²) in [6.07, 6.45) is 0.852. The van der Waals surface area contributed by atoms with Crippen LogP contribution in [0.15, 0.2) is 17.6 Å². The van der Waals surface area contributed by atoms with E-state index >= 15 is 0 Å². The number of hydrogen-bond acceptors (Lipinski definition) is 6. The summed E-state index contributed by atoms with van der Waals surface area (Å²) in [6.45, 7) is 8.22. The van der Waals surface area contributed by atoms with Crippen LogP contribution in [0.3, 0.4) is 0 Å². The summed E-state index contributed by atoms with van der Waals surface area (Å²) in [5, 5.41) is 0. The second-order valence-electron chi connectivity index (χ2n) is 6.02. The van der Waals surface area contributed by atoms with E-state index in [-0.39, 0.29) is 5.54 Å². The number of thiazole rings is 1. The smallest absolute Gasteiger partial charge is 0.149 e. The van der Waals surface area contributed by atoms with Crippen LogP contribution in [-0.4, -0.2) is 44.4 Å². The molecule has 2 rings (SSSR count). The van der Waals surface area contributed by atoms with E-state index in [0.717, 1.165) is 28.1 Å². The van der Waals surface area contributed by atoms with Gasteiger partial charge in [0.1, 0.15) is 17.0 Å². The Labute approximate surface area is 150 Å². The van der Waals surface area contributed by atoms with Gasteiger partial charge in [0.2, 0.25) is 0 Å². The average Bonchev–Trinajstić information content (AvgIpc) is 2.99. The van der Waals surface area contributed by atoms with Crippen LogP contribution in [0.2, 0.25) is 0 Å². The molecule has 0 radical (unpaired) electrons. The largest absolute Gasteiger partial charge is 0.760 e. The van der Waals surface area contributed by atoms with Crippen LogP contribution < -0.4 is 9.47 Å². The molecule has 1 unspecified atom stereocenters. The van der Waals surface area contributed by atoms with Crippen LogP contribution in [0.4, 0.5) is 0 Å². The third-order valence-electron chi connectivity index (χ3n) is 3.19. The van der Waals surface area contributed by atoms with Crippen molar-refractivity contribution < 1.29 is 18.2 Å². The first-order valence-electron chi connectivity index (χ1n) is 7.56.